The molecule has 1 heterocycles. The van der Waals surface area contributed by atoms with Gasteiger partial charge in [-0.15, -0.1) is 0 Å². The maximum absolute atomic E-state index is 12.7. The monoisotopic (exact) mass is 431 g/mol. The van der Waals surface area contributed by atoms with Gasteiger partial charge in [0.2, 0.25) is 11.8 Å². The standard InChI is InChI=1S/C22H33N5O4/c1-16-4-7-18(24-21(29)17-5-6-17)14-19(16)25-22(30)27-11-9-26(10-12-27)15-20(28)23-8-3-13-31-2/h4,7,14,17H,3,5-6,8-13,15H2,1-2H3,(H,23,28)(H,24,29)(H,25,30). The first kappa shape index (κ1) is 23.0. The fourth-order valence-electron chi connectivity index (χ4n) is 3.43. The van der Waals surface area contributed by atoms with Crippen molar-refractivity contribution in [2.45, 2.75) is 26.2 Å². The van der Waals surface area contributed by atoms with E-state index in [-0.39, 0.29) is 23.8 Å². The second kappa shape index (κ2) is 11.1. The van der Waals surface area contributed by atoms with Gasteiger partial charge in [0, 0.05) is 63.7 Å². The van der Waals surface area contributed by atoms with E-state index in [9.17, 15) is 14.4 Å². The Hall–Kier alpha value is -2.65. The number of carbonyl (C=O) groups is 3. The maximum Gasteiger partial charge on any atom is 0.321 e. The molecule has 9 heteroatoms. The number of carbonyl (C=O) groups excluding carboxylic acids is 3. The predicted molar refractivity (Wildman–Crippen MR) is 119 cm³/mol. The van der Waals surface area contributed by atoms with Crippen molar-refractivity contribution in [2.75, 3.05) is 63.6 Å². The average molecular weight is 432 g/mol. The number of aryl methyl sites for hydroxylation is 1. The van der Waals surface area contributed by atoms with Gasteiger partial charge in [-0.2, -0.15) is 0 Å². The van der Waals surface area contributed by atoms with E-state index in [2.05, 4.69) is 20.9 Å². The summed E-state index contributed by atoms with van der Waals surface area (Å²) in [4.78, 5) is 40.5. The third kappa shape index (κ3) is 7.22. The first-order valence-electron chi connectivity index (χ1n) is 10.9. The minimum Gasteiger partial charge on any atom is -0.385 e. The number of anilines is 2. The second-order valence-corrected chi connectivity index (χ2v) is 8.18. The lowest BCUT2D eigenvalue weighted by molar-refractivity contribution is -0.122. The molecule has 1 saturated heterocycles. The largest absolute Gasteiger partial charge is 0.385 e. The number of amides is 4. The Labute approximate surface area is 183 Å². The Bertz CT molecular complexity index is 788. The Balaban J connectivity index is 1.43. The number of urea groups is 1. The normalized spacial score (nSPS) is 16.6. The molecule has 0 aromatic heterocycles. The molecule has 170 valence electrons. The van der Waals surface area contributed by atoms with Gasteiger partial charge in [-0.1, -0.05) is 6.07 Å². The van der Waals surface area contributed by atoms with E-state index in [1.807, 2.05) is 19.1 Å². The van der Waals surface area contributed by atoms with Gasteiger partial charge in [0.05, 0.1) is 6.54 Å². The van der Waals surface area contributed by atoms with Crippen LogP contribution in [0.5, 0.6) is 0 Å². The molecule has 4 amide bonds. The van der Waals surface area contributed by atoms with E-state index in [1.165, 1.54) is 0 Å². The molecule has 0 spiro atoms. The summed E-state index contributed by atoms with van der Waals surface area (Å²) in [5.74, 6) is 0.165. The molecule has 3 N–H and O–H groups in total. The molecule has 9 nitrogen and oxygen atoms in total. The van der Waals surface area contributed by atoms with E-state index in [0.717, 1.165) is 24.8 Å². The molecule has 2 fully saturated rings. The number of hydrogen-bond acceptors (Lipinski definition) is 5. The summed E-state index contributed by atoms with van der Waals surface area (Å²) >= 11 is 0. The molecular weight excluding hydrogens is 398 g/mol. The van der Waals surface area contributed by atoms with Crippen LogP contribution in [-0.2, 0) is 14.3 Å². The van der Waals surface area contributed by atoms with Crippen LogP contribution in [0.4, 0.5) is 16.2 Å². The van der Waals surface area contributed by atoms with E-state index in [0.29, 0.717) is 57.3 Å². The highest BCUT2D eigenvalue weighted by Gasteiger charge is 2.29. The van der Waals surface area contributed by atoms with Gasteiger partial charge in [-0.3, -0.25) is 14.5 Å². The predicted octanol–water partition coefficient (Wildman–Crippen LogP) is 1.65. The Morgan fingerprint density at radius 2 is 1.84 bits per heavy atom. The van der Waals surface area contributed by atoms with Crippen LogP contribution in [-0.4, -0.2) is 80.6 Å². The average Bonchev–Trinajstić information content (AvgIpc) is 3.60. The molecule has 0 bridgehead atoms. The summed E-state index contributed by atoms with van der Waals surface area (Å²) in [6, 6.07) is 5.38. The first-order valence-corrected chi connectivity index (χ1v) is 10.9. The van der Waals surface area contributed by atoms with Crippen molar-refractivity contribution in [3.05, 3.63) is 23.8 Å². The summed E-state index contributed by atoms with van der Waals surface area (Å²) in [5.41, 5.74) is 2.32. The van der Waals surface area contributed by atoms with Gasteiger partial charge >= 0.3 is 6.03 Å². The summed E-state index contributed by atoms with van der Waals surface area (Å²) in [5, 5.41) is 8.76. The van der Waals surface area contributed by atoms with E-state index in [4.69, 9.17) is 4.74 Å². The maximum atomic E-state index is 12.7. The molecular formula is C22H33N5O4. The van der Waals surface area contributed by atoms with Gasteiger partial charge in [-0.25, -0.2) is 4.79 Å². The highest BCUT2D eigenvalue weighted by Crippen LogP contribution is 2.30. The van der Waals surface area contributed by atoms with E-state index >= 15 is 0 Å². The van der Waals surface area contributed by atoms with Crippen molar-refractivity contribution in [3.63, 3.8) is 0 Å². The minimum atomic E-state index is -0.169. The summed E-state index contributed by atoms with van der Waals surface area (Å²) in [6.45, 7) is 5.90. The van der Waals surface area contributed by atoms with Crippen molar-refractivity contribution in [1.29, 1.82) is 0 Å². The van der Waals surface area contributed by atoms with Crippen LogP contribution < -0.4 is 16.0 Å². The SMILES string of the molecule is COCCCNC(=O)CN1CCN(C(=O)Nc2cc(NC(=O)C3CC3)ccc2C)CC1. The fourth-order valence-corrected chi connectivity index (χ4v) is 3.43. The number of piperazine rings is 1. The summed E-state index contributed by atoms with van der Waals surface area (Å²) in [6.07, 6.45) is 2.69. The van der Waals surface area contributed by atoms with Gasteiger partial charge in [0.25, 0.3) is 0 Å². The number of nitrogens with zero attached hydrogens (tertiary/aromatic N) is 2. The van der Waals surface area contributed by atoms with Crippen LogP contribution in [0.25, 0.3) is 0 Å². The van der Waals surface area contributed by atoms with Crippen molar-refractivity contribution in [2.24, 2.45) is 5.92 Å². The molecule has 2 aliphatic rings. The van der Waals surface area contributed by atoms with Crippen molar-refractivity contribution >= 4 is 29.2 Å². The number of hydrogen-bond donors (Lipinski definition) is 3. The van der Waals surface area contributed by atoms with Gasteiger partial charge in [0.15, 0.2) is 0 Å². The third-order valence-corrected chi connectivity index (χ3v) is 5.57. The summed E-state index contributed by atoms with van der Waals surface area (Å²) < 4.78 is 4.97. The lowest BCUT2D eigenvalue weighted by Gasteiger charge is -2.34. The first-order chi connectivity index (χ1) is 15.0. The molecule has 1 aromatic rings. The number of ether oxygens (including phenoxy) is 1. The molecule has 31 heavy (non-hydrogen) atoms. The van der Waals surface area contributed by atoms with E-state index in [1.54, 1.807) is 18.1 Å². The van der Waals surface area contributed by atoms with Gasteiger partial charge in [-0.05, 0) is 43.9 Å². The van der Waals surface area contributed by atoms with Crippen molar-refractivity contribution < 1.29 is 19.1 Å². The molecule has 1 aliphatic heterocycles. The molecule has 0 radical (unpaired) electrons. The lowest BCUT2D eigenvalue weighted by atomic mass is 10.1. The van der Waals surface area contributed by atoms with Crippen LogP contribution in [0.3, 0.4) is 0 Å². The van der Waals surface area contributed by atoms with Gasteiger partial charge < -0.3 is 25.6 Å². The van der Waals surface area contributed by atoms with Crippen molar-refractivity contribution in [1.82, 2.24) is 15.1 Å². The highest BCUT2D eigenvalue weighted by atomic mass is 16.5. The van der Waals surface area contributed by atoms with Crippen LogP contribution >= 0.6 is 0 Å². The zero-order chi connectivity index (χ0) is 22.2. The Kier molecular flexibility index (Phi) is 8.25. The van der Waals surface area contributed by atoms with Crippen LogP contribution in [0, 0.1) is 12.8 Å². The van der Waals surface area contributed by atoms with Crippen molar-refractivity contribution in [3.8, 4) is 0 Å². The smallest absolute Gasteiger partial charge is 0.321 e. The molecule has 3 rings (SSSR count). The minimum absolute atomic E-state index is 0.00492. The quantitative estimate of drug-likeness (QED) is 0.516. The van der Waals surface area contributed by atoms with Crippen LogP contribution in [0.15, 0.2) is 18.2 Å². The number of nitrogens with one attached hydrogen (secondary N) is 3. The molecule has 1 aliphatic carbocycles. The fraction of sp³-hybridized carbons (Fsp3) is 0.591. The molecule has 1 aromatic carbocycles. The molecule has 1 saturated carbocycles. The molecule has 0 atom stereocenters. The second-order valence-electron chi connectivity index (χ2n) is 8.18. The Morgan fingerprint density at radius 3 is 2.52 bits per heavy atom. The van der Waals surface area contributed by atoms with Crippen LogP contribution in [0.2, 0.25) is 0 Å². The number of rotatable bonds is 9. The zero-order valence-corrected chi connectivity index (χ0v) is 18.4. The topological polar surface area (TPSA) is 103 Å². The highest BCUT2D eigenvalue weighted by molar-refractivity contribution is 5.96. The zero-order valence-electron chi connectivity index (χ0n) is 18.4. The third-order valence-electron chi connectivity index (χ3n) is 5.57. The Morgan fingerprint density at radius 1 is 1.10 bits per heavy atom. The molecule has 0 unspecified atom stereocenters. The number of benzene rings is 1. The van der Waals surface area contributed by atoms with E-state index < -0.39 is 0 Å². The van der Waals surface area contributed by atoms with Gasteiger partial charge in [0.1, 0.15) is 0 Å². The summed E-state index contributed by atoms with van der Waals surface area (Å²) in [7, 11) is 1.64. The van der Waals surface area contributed by atoms with Crippen LogP contribution in [0.1, 0.15) is 24.8 Å². The number of methoxy groups -OCH3 is 1. The lowest BCUT2D eigenvalue weighted by Crippen LogP contribution is -2.52.